The summed E-state index contributed by atoms with van der Waals surface area (Å²) >= 11 is -2.35. The number of aryl methyl sites for hydroxylation is 2. The van der Waals surface area contributed by atoms with Crippen LogP contribution >= 0.6 is 0 Å². The number of alkyl carbamates (subject to hydrolysis) is 1. The van der Waals surface area contributed by atoms with Gasteiger partial charge in [-0.05, 0) is 64.2 Å². The number of nitrogens with one attached hydrogen (secondary N) is 2. The van der Waals surface area contributed by atoms with Crippen LogP contribution in [0.5, 0.6) is 0 Å². The molecular weight excluding hydrogens is 558 g/mol. The molecule has 14 heteroatoms. The van der Waals surface area contributed by atoms with Crippen molar-refractivity contribution >= 4 is 23.0 Å². The zero-order valence-corrected chi connectivity index (χ0v) is 25.9. The van der Waals surface area contributed by atoms with Crippen LogP contribution in [-0.2, 0) is 48.6 Å². The predicted molar refractivity (Wildman–Crippen MR) is 160 cm³/mol. The summed E-state index contributed by atoms with van der Waals surface area (Å²) in [4.78, 5) is 14.0. The molecule has 13 nitrogen and oxygen atoms in total. The van der Waals surface area contributed by atoms with E-state index >= 15 is 0 Å². The first-order valence-corrected chi connectivity index (χ1v) is 15.6. The molecule has 2 heterocycles. The van der Waals surface area contributed by atoms with Crippen LogP contribution in [0.25, 0.3) is 0 Å². The van der Waals surface area contributed by atoms with Crippen LogP contribution < -0.4 is 10.0 Å². The predicted octanol–water partition coefficient (Wildman–Crippen LogP) is 3.82. The normalized spacial score (nSPS) is 12.4. The SMILES string of the molecule is CCCCCn1cc(CN(CCc2ccc(NS(=O)[O-])cc2)Cc2cn(CCCCNC(=O)OC(C)(C)C)nn2)nn1. The summed E-state index contributed by atoms with van der Waals surface area (Å²) < 4.78 is 33.1. The number of rotatable bonds is 18. The fourth-order valence-electron chi connectivity index (χ4n) is 4.26. The minimum absolute atomic E-state index is 0.405. The maximum atomic E-state index is 11.8. The number of hydrogen-bond donors (Lipinski definition) is 2. The monoisotopic (exact) mass is 602 g/mol. The van der Waals surface area contributed by atoms with Gasteiger partial charge in [-0.1, -0.05) is 42.3 Å². The summed E-state index contributed by atoms with van der Waals surface area (Å²) in [6, 6.07) is 7.36. The van der Waals surface area contributed by atoms with E-state index < -0.39 is 23.0 Å². The van der Waals surface area contributed by atoms with E-state index in [0.717, 1.165) is 68.6 Å². The van der Waals surface area contributed by atoms with E-state index in [-0.39, 0.29) is 0 Å². The smallest absolute Gasteiger partial charge is 0.407 e. The van der Waals surface area contributed by atoms with Crippen molar-refractivity contribution in [3.05, 3.63) is 53.6 Å². The number of aromatic nitrogens is 6. The molecule has 2 N–H and O–H groups in total. The highest BCUT2D eigenvalue weighted by molar-refractivity contribution is 7.80. The molecule has 0 saturated carbocycles. The molecule has 1 atom stereocenters. The van der Waals surface area contributed by atoms with Crippen molar-refractivity contribution in [1.29, 1.82) is 0 Å². The van der Waals surface area contributed by atoms with Crippen molar-refractivity contribution in [2.45, 2.75) is 98.0 Å². The van der Waals surface area contributed by atoms with E-state index in [9.17, 15) is 13.6 Å². The lowest BCUT2D eigenvalue weighted by molar-refractivity contribution is 0.0527. The molecule has 0 spiro atoms. The first kappa shape index (κ1) is 33.1. The standard InChI is InChI=1S/C28H45N9O4S/c1-5-6-8-16-36-21-25(30-33-36)19-35(18-14-23-10-12-24(13-11-23)32-42(39)40)20-26-22-37(34-31-26)17-9-7-15-29-27(38)41-28(2,3)4/h10-13,21-22,32H,5-9,14-20H2,1-4H3,(H,29,38)(H,39,40)/p-1. The Hall–Kier alpha value is -3.36. The van der Waals surface area contributed by atoms with Gasteiger partial charge in [-0.25, -0.2) is 4.79 Å². The molecule has 0 aliphatic rings. The number of anilines is 1. The summed E-state index contributed by atoms with van der Waals surface area (Å²) in [7, 11) is 0. The molecule has 0 aliphatic carbocycles. The quantitative estimate of drug-likeness (QED) is 0.163. The summed E-state index contributed by atoms with van der Waals surface area (Å²) in [5.74, 6) is 0. The van der Waals surface area contributed by atoms with Gasteiger partial charge in [0, 0.05) is 68.6 Å². The molecule has 0 fully saturated rings. The third-order valence-electron chi connectivity index (χ3n) is 6.29. The van der Waals surface area contributed by atoms with Crippen molar-refractivity contribution in [2.24, 2.45) is 0 Å². The maximum absolute atomic E-state index is 11.8. The summed E-state index contributed by atoms with van der Waals surface area (Å²) in [6.07, 6.45) is 9.37. The minimum atomic E-state index is -2.35. The van der Waals surface area contributed by atoms with E-state index in [1.807, 2.05) is 54.7 Å². The largest absolute Gasteiger partial charge is 0.755 e. The molecule has 2 aromatic heterocycles. The Morgan fingerprint density at radius 2 is 1.57 bits per heavy atom. The Morgan fingerprint density at radius 3 is 2.12 bits per heavy atom. The molecule has 0 radical (unpaired) electrons. The van der Waals surface area contributed by atoms with Gasteiger partial charge in [0.25, 0.3) is 0 Å². The van der Waals surface area contributed by atoms with Gasteiger partial charge < -0.3 is 19.3 Å². The average Bonchev–Trinajstić information content (AvgIpc) is 3.56. The van der Waals surface area contributed by atoms with Crippen molar-refractivity contribution in [3.8, 4) is 0 Å². The molecule has 1 unspecified atom stereocenters. The van der Waals surface area contributed by atoms with Gasteiger partial charge >= 0.3 is 6.09 Å². The second kappa shape index (κ2) is 16.9. The molecule has 3 rings (SSSR count). The number of carbonyl (C=O) groups excluding carboxylic acids is 1. The van der Waals surface area contributed by atoms with Gasteiger partial charge in [-0.3, -0.25) is 18.5 Å². The van der Waals surface area contributed by atoms with E-state index in [1.165, 1.54) is 0 Å². The molecule has 0 aliphatic heterocycles. The number of carbonyl (C=O) groups is 1. The Kier molecular flexibility index (Phi) is 13.4. The molecule has 42 heavy (non-hydrogen) atoms. The maximum Gasteiger partial charge on any atom is 0.407 e. The second-order valence-electron chi connectivity index (χ2n) is 11.3. The van der Waals surface area contributed by atoms with Crippen molar-refractivity contribution in [1.82, 2.24) is 40.2 Å². The number of unbranched alkanes of at least 4 members (excludes halogenated alkanes) is 3. The van der Waals surface area contributed by atoms with E-state index in [0.29, 0.717) is 31.9 Å². The molecule has 0 saturated heterocycles. The van der Waals surface area contributed by atoms with E-state index in [2.05, 4.69) is 42.5 Å². The number of amides is 1. The Morgan fingerprint density at radius 1 is 0.976 bits per heavy atom. The summed E-state index contributed by atoms with van der Waals surface area (Å²) in [5, 5.41) is 20.1. The number of ether oxygens (including phenoxy) is 1. The van der Waals surface area contributed by atoms with E-state index in [4.69, 9.17) is 4.74 Å². The molecule has 1 amide bonds. The summed E-state index contributed by atoms with van der Waals surface area (Å²) in [6.45, 7) is 11.7. The van der Waals surface area contributed by atoms with Crippen LogP contribution in [-0.4, -0.2) is 68.4 Å². The van der Waals surface area contributed by atoms with Crippen molar-refractivity contribution in [2.75, 3.05) is 17.8 Å². The fraction of sp³-hybridized carbons (Fsp3) is 0.607. The summed E-state index contributed by atoms with van der Waals surface area (Å²) in [5.41, 5.74) is 2.86. The van der Waals surface area contributed by atoms with Gasteiger partial charge in [-0.2, -0.15) is 0 Å². The van der Waals surface area contributed by atoms with Crippen LogP contribution in [0.15, 0.2) is 36.7 Å². The van der Waals surface area contributed by atoms with Crippen molar-refractivity contribution in [3.63, 3.8) is 0 Å². The van der Waals surface area contributed by atoms with E-state index in [1.54, 1.807) is 12.1 Å². The first-order valence-electron chi connectivity index (χ1n) is 14.5. The highest BCUT2D eigenvalue weighted by Crippen LogP contribution is 2.13. The van der Waals surface area contributed by atoms with Gasteiger partial charge in [-0.15, -0.1) is 10.2 Å². The van der Waals surface area contributed by atoms with Gasteiger partial charge in [0.1, 0.15) is 5.60 Å². The molecule has 0 bridgehead atoms. The number of nitrogens with zero attached hydrogens (tertiary/aromatic N) is 7. The van der Waals surface area contributed by atoms with Gasteiger partial charge in [0.2, 0.25) is 0 Å². The molecule has 3 aromatic rings. The Balaban J connectivity index is 1.54. The third kappa shape index (κ3) is 13.1. The van der Waals surface area contributed by atoms with Crippen LogP contribution in [0.1, 0.15) is 76.8 Å². The van der Waals surface area contributed by atoms with Gasteiger partial charge in [0.05, 0.1) is 11.4 Å². The lowest BCUT2D eigenvalue weighted by Gasteiger charge is -2.20. The Labute approximate surface area is 250 Å². The number of benzene rings is 1. The fourth-order valence-corrected chi connectivity index (χ4v) is 4.59. The van der Waals surface area contributed by atoms with Crippen LogP contribution in [0.4, 0.5) is 10.5 Å². The van der Waals surface area contributed by atoms with Crippen LogP contribution in [0.2, 0.25) is 0 Å². The second-order valence-corrected chi connectivity index (χ2v) is 12.0. The van der Waals surface area contributed by atoms with Gasteiger partial charge in [0.15, 0.2) is 0 Å². The zero-order valence-electron chi connectivity index (χ0n) is 25.1. The first-order chi connectivity index (χ1) is 20.1. The highest BCUT2D eigenvalue weighted by atomic mass is 32.2. The molecular formula is C28H44N9O4S-. The average molecular weight is 603 g/mol. The number of hydrogen-bond acceptors (Lipinski definition) is 9. The minimum Gasteiger partial charge on any atom is -0.755 e. The molecule has 1 aromatic carbocycles. The van der Waals surface area contributed by atoms with Crippen LogP contribution in [0, 0.1) is 0 Å². The lowest BCUT2D eigenvalue weighted by Crippen LogP contribution is -2.33. The van der Waals surface area contributed by atoms with Crippen molar-refractivity contribution < 1.29 is 18.3 Å². The third-order valence-corrected chi connectivity index (χ3v) is 6.69. The topological polar surface area (TPSA) is 155 Å². The van der Waals surface area contributed by atoms with Crippen LogP contribution in [0.3, 0.4) is 0 Å². The zero-order chi connectivity index (χ0) is 30.4. The molecule has 232 valence electrons. The highest BCUT2D eigenvalue weighted by Gasteiger charge is 2.16. The lowest BCUT2D eigenvalue weighted by atomic mass is 10.1. The Bertz CT molecular complexity index is 1240.